The Hall–Kier alpha value is -0.930. The minimum Gasteiger partial charge on any atom is -0.122 e. The van der Waals surface area contributed by atoms with Crippen LogP contribution >= 0.6 is 11.6 Å². The Labute approximate surface area is 103 Å². The van der Waals surface area contributed by atoms with Crippen molar-refractivity contribution in [3.05, 3.63) is 35.4 Å². The summed E-state index contributed by atoms with van der Waals surface area (Å²) in [6.07, 6.45) is 6.66. The summed E-state index contributed by atoms with van der Waals surface area (Å²) in [7, 11) is 0. The van der Waals surface area contributed by atoms with Gasteiger partial charge in [-0.05, 0) is 30.5 Å². The van der Waals surface area contributed by atoms with E-state index in [0.717, 1.165) is 11.1 Å². The maximum atomic E-state index is 5.74. The molecule has 1 aromatic rings. The van der Waals surface area contributed by atoms with E-state index in [-0.39, 0.29) is 0 Å². The summed E-state index contributed by atoms with van der Waals surface area (Å²) in [6.45, 7) is 0. The van der Waals surface area contributed by atoms with E-state index >= 15 is 0 Å². The first-order valence-corrected chi connectivity index (χ1v) is 6.58. The smallest absolute Gasteiger partial charge is 0.0474 e. The lowest BCUT2D eigenvalue weighted by atomic mass is 9.90. The zero-order valence-corrected chi connectivity index (χ0v) is 10.3. The molecule has 0 nitrogen and oxygen atoms in total. The average molecular weight is 233 g/mol. The van der Waals surface area contributed by atoms with Gasteiger partial charge in [0.15, 0.2) is 0 Å². The lowest BCUT2D eigenvalue weighted by Gasteiger charge is -2.15. The van der Waals surface area contributed by atoms with Crippen LogP contribution in [-0.2, 0) is 5.88 Å². The highest BCUT2D eigenvalue weighted by Crippen LogP contribution is 2.22. The van der Waals surface area contributed by atoms with E-state index in [1.165, 1.54) is 32.1 Å². The van der Waals surface area contributed by atoms with Gasteiger partial charge in [-0.1, -0.05) is 43.2 Å². The maximum absolute atomic E-state index is 5.74. The van der Waals surface area contributed by atoms with Crippen molar-refractivity contribution in [2.45, 2.75) is 38.0 Å². The van der Waals surface area contributed by atoms with Gasteiger partial charge in [-0.15, -0.1) is 11.6 Å². The van der Waals surface area contributed by atoms with Crippen LogP contribution in [0.1, 0.15) is 43.2 Å². The van der Waals surface area contributed by atoms with Gasteiger partial charge in [-0.2, -0.15) is 0 Å². The van der Waals surface area contributed by atoms with Crippen LogP contribution in [0.5, 0.6) is 0 Å². The van der Waals surface area contributed by atoms with Gasteiger partial charge in [0, 0.05) is 17.4 Å². The first-order valence-electron chi connectivity index (χ1n) is 6.05. The van der Waals surface area contributed by atoms with Crippen molar-refractivity contribution in [2.24, 2.45) is 5.92 Å². The summed E-state index contributed by atoms with van der Waals surface area (Å²) in [5.74, 6) is 7.87. The van der Waals surface area contributed by atoms with Crippen LogP contribution < -0.4 is 0 Å². The van der Waals surface area contributed by atoms with Gasteiger partial charge in [0.2, 0.25) is 0 Å². The summed E-state index contributed by atoms with van der Waals surface area (Å²) in [6, 6.07) is 8.23. The zero-order chi connectivity index (χ0) is 11.2. The molecule has 0 aliphatic heterocycles. The summed E-state index contributed by atoms with van der Waals surface area (Å²) < 4.78 is 0. The highest BCUT2D eigenvalue weighted by Gasteiger charge is 2.09. The SMILES string of the molecule is ClCc1ccc(C#CC2CCCCC2)cc1. The molecule has 0 atom stereocenters. The second kappa shape index (κ2) is 5.97. The molecule has 1 aromatic carbocycles. The molecule has 0 aromatic heterocycles. The zero-order valence-electron chi connectivity index (χ0n) is 9.51. The molecule has 1 heteroatoms. The molecule has 1 fully saturated rings. The van der Waals surface area contributed by atoms with Crippen LogP contribution in [0.2, 0.25) is 0 Å². The van der Waals surface area contributed by atoms with Gasteiger partial charge in [0.05, 0.1) is 0 Å². The molecule has 0 spiro atoms. The third-order valence-corrected chi connectivity index (χ3v) is 3.44. The average Bonchev–Trinajstić information content (AvgIpc) is 2.38. The Balaban J connectivity index is 1.99. The van der Waals surface area contributed by atoms with Crippen molar-refractivity contribution in [2.75, 3.05) is 0 Å². The molecule has 0 heterocycles. The second-order valence-corrected chi connectivity index (χ2v) is 4.70. The number of halogens is 1. The summed E-state index contributed by atoms with van der Waals surface area (Å²) in [4.78, 5) is 0. The highest BCUT2D eigenvalue weighted by molar-refractivity contribution is 6.17. The van der Waals surface area contributed by atoms with Gasteiger partial charge in [0.25, 0.3) is 0 Å². The fourth-order valence-electron chi connectivity index (χ4n) is 2.11. The van der Waals surface area contributed by atoms with E-state index in [1.54, 1.807) is 0 Å². The molecule has 0 N–H and O–H groups in total. The molecule has 1 aliphatic rings. The van der Waals surface area contributed by atoms with Crippen LogP contribution in [-0.4, -0.2) is 0 Å². The minimum atomic E-state index is 0.580. The molecule has 16 heavy (non-hydrogen) atoms. The van der Waals surface area contributed by atoms with E-state index in [0.29, 0.717) is 11.8 Å². The minimum absolute atomic E-state index is 0.580. The normalized spacial score (nSPS) is 16.6. The summed E-state index contributed by atoms with van der Waals surface area (Å²) in [5, 5.41) is 0. The Morgan fingerprint density at radius 1 is 1.06 bits per heavy atom. The van der Waals surface area contributed by atoms with Gasteiger partial charge < -0.3 is 0 Å². The molecular formula is C15H17Cl. The second-order valence-electron chi connectivity index (χ2n) is 4.43. The number of alkyl halides is 1. The van der Waals surface area contributed by atoms with Gasteiger partial charge >= 0.3 is 0 Å². The predicted molar refractivity (Wildman–Crippen MR) is 69.5 cm³/mol. The molecule has 0 radical (unpaired) electrons. The lowest BCUT2D eigenvalue weighted by molar-refractivity contribution is 0.430. The molecule has 1 saturated carbocycles. The Kier molecular flexibility index (Phi) is 4.31. The quantitative estimate of drug-likeness (QED) is 0.499. The maximum Gasteiger partial charge on any atom is 0.0474 e. The molecular weight excluding hydrogens is 216 g/mol. The van der Waals surface area contributed by atoms with E-state index < -0.39 is 0 Å². The summed E-state index contributed by atoms with van der Waals surface area (Å²) >= 11 is 5.74. The molecule has 2 rings (SSSR count). The Bertz CT molecular complexity index is 374. The first kappa shape index (κ1) is 11.6. The third kappa shape index (κ3) is 3.29. The number of benzene rings is 1. The van der Waals surface area contributed by atoms with Crippen molar-refractivity contribution in [3.63, 3.8) is 0 Å². The molecule has 0 saturated heterocycles. The monoisotopic (exact) mass is 232 g/mol. The van der Waals surface area contributed by atoms with Gasteiger partial charge in [-0.3, -0.25) is 0 Å². The third-order valence-electron chi connectivity index (χ3n) is 3.13. The topological polar surface area (TPSA) is 0 Å². The first-order chi connectivity index (χ1) is 7.88. The van der Waals surface area contributed by atoms with Crippen LogP contribution in [0.3, 0.4) is 0 Å². The fraction of sp³-hybridized carbons (Fsp3) is 0.467. The highest BCUT2D eigenvalue weighted by atomic mass is 35.5. The number of rotatable bonds is 1. The van der Waals surface area contributed by atoms with Crippen molar-refractivity contribution in [1.29, 1.82) is 0 Å². The van der Waals surface area contributed by atoms with Crippen molar-refractivity contribution < 1.29 is 0 Å². The van der Waals surface area contributed by atoms with Crippen LogP contribution in [0, 0.1) is 17.8 Å². The van der Waals surface area contributed by atoms with Crippen LogP contribution in [0.4, 0.5) is 0 Å². The Morgan fingerprint density at radius 3 is 2.38 bits per heavy atom. The number of hydrogen-bond donors (Lipinski definition) is 0. The fourth-order valence-corrected chi connectivity index (χ4v) is 2.29. The molecule has 0 amide bonds. The van der Waals surface area contributed by atoms with Crippen LogP contribution in [0.25, 0.3) is 0 Å². The van der Waals surface area contributed by atoms with Gasteiger partial charge in [-0.25, -0.2) is 0 Å². The molecule has 0 bridgehead atoms. The standard InChI is InChI=1S/C15H17Cl/c16-12-15-10-8-14(9-11-15)7-6-13-4-2-1-3-5-13/h8-11,13H,1-5,12H2. The predicted octanol–water partition coefficient (Wildman–Crippen LogP) is 4.36. The van der Waals surface area contributed by atoms with E-state index in [1.807, 2.05) is 0 Å². The number of hydrogen-bond acceptors (Lipinski definition) is 0. The van der Waals surface area contributed by atoms with E-state index in [4.69, 9.17) is 11.6 Å². The van der Waals surface area contributed by atoms with Gasteiger partial charge in [0.1, 0.15) is 0 Å². The van der Waals surface area contributed by atoms with Crippen molar-refractivity contribution >= 4 is 11.6 Å². The van der Waals surface area contributed by atoms with Crippen LogP contribution in [0.15, 0.2) is 24.3 Å². The van der Waals surface area contributed by atoms with Crippen molar-refractivity contribution in [1.82, 2.24) is 0 Å². The largest absolute Gasteiger partial charge is 0.122 e. The lowest BCUT2D eigenvalue weighted by Crippen LogP contribution is -2.02. The summed E-state index contributed by atoms with van der Waals surface area (Å²) in [5.41, 5.74) is 2.27. The molecule has 84 valence electrons. The van der Waals surface area contributed by atoms with E-state index in [2.05, 4.69) is 36.1 Å². The molecule has 0 unspecified atom stereocenters. The van der Waals surface area contributed by atoms with E-state index in [9.17, 15) is 0 Å². The van der Waals surface area contributed by atoms with Crippen molar-refractivity contribution in [3.8, 4) is 11.8 Å². The Morgan fingerprint density at radius 2 is 1.75 bits per heavy atom. The molecule has 1 aliphatic carbocycles.